The van der Waals surface area contributed by atoms with Gasteiger partial charge in [-0.3, -0.25) is 9.36 Å². The zero-order valence-electron chi connectivity index (χ0n) is 17.1. The van der Waals surface area contributed by atoms with E-state index in [1.54, 1.807) is 12.1 Å². The number of hydrogen-bond donors (Lipinski definition) is 1. The van der Waals surface area contributed by atoms with E-state index in [1.165, 1.54) is 23.9 Å². The highest BCUT2D eigenvalue weighted by Crippen LogP contribution is 2.30. The molecule has 0 saturated heterocycles. The fraction of sp³-hybridized carbons (Fsp3) is 0.125. The lowest BCUT2D eigenvalue weighted by Crippen LogP contribution is -2.23. The summed E-state index contributed by atoms with van der Waals surface area (Å²) >= 11 is 1.30. The molecule has 4 aromatic rings. The van der Waals surface area contributed by atoms with Crippen LogP contribution in [-0.4, -0.2) is 25.9 Å². The third kappa shape index (κ3) is 4.67. The molecule has 0 radical (unpaired) electrons. The molecule has 7 heteroatoms. The number of aromatic nitrogens is 3. The van der Waals surface area contributed by atoms with Crippen molar-refractivity contribution < 1.29 is 9.18 Å². The van der Waals surface area contributed by atoms with Crippen LogP contribution in [-0.2, 0) is 4.79 Å². The molecule has 0 fully saturated rings. The number of hydrogen-bond acceptors (Lipinski definition) is 4. The van der Waals surface area contributed by atoms with Crippen molar-refractivity contribution in [1.82, 2.24) is 14.8 Å². The van der Waals surface area contributed by atoms with Gasteiger partial charge in [0.05, 0.1) is 5.25 Å². The SMILES string of the molecule is Cc1ccccc1NC(=O)C(C)Sc1nnc(-c2ccccc2)n1-c1ccc(F)cc1. The number of thioether (sulfide) groups is 1. The molecule has 1 unspecified atom stereocenters. The molecule has 31 heavy (non-hydrogen) atoms. The molecule has 0 saturated carbocycles. The van der Waals surface area contributed by atoms with Gasteiger partial charge in [0.1, 0.15) is 5.82 Å². The summed E-state index contributed by atoms with van der Waals surface area (Å²) in [6.45, 7) is 3.77. The van der Waals surface area contributed by atoms with Crippen molar-refractivity contribution in [1.29, 1.82) is 0 Å². The average Bonchev–Trinajstić information content (AvgIpc) is 3.20. The Bertz CT molecular complexity index is 1190. The van der Waals surface area contributed by atoms with Gasteiger partial charge in [-0.15, -0.1) is 10.2 Å². The van der Waals surface area contributed by atoms with Gasteiger partial charge in [-0.2, -0.15) is 0 Å². The maximum absolute atomic E-state index is 13.5. The van der Waals surface area contributed by atoms with Gasteiger partial charge in [-0.05, 0) is 49.7 Å². The van der Waals surface area contributed by atoms with E-state index in [4.69, 9.17) is 0 Å². The van der Waals surface area contributed by atoms with Crippen LogP contribution in [0.15, 0.2) is 84.0 Å². The summed E-state index contributed by atoms with van der Waals surface area (Å²) in [6, 6.07) is 23.4. The van der Waals surface area contributed by atoms with Gasteiger partial charge in [0.2, 0.25) is 5.91 Å². The van der Waals surface area contributed by atoms with Crippen LogP contribution >= 0.6 is 11.8 Å². The van der Waals surface area contributed by atoms with Crippen LogP contribution < -0.4 is 5.32 Å². The topological polar surface area (TPSA) is 59.8 Å². The van der Waals surface area contributed by atoms with Crippen molar-refractivity contribution in [3.8, 4) is 17.1 Å². The van der Waals surface area contributed by atoms with Crippen LogP contribution in [0, 0.1) is 12.7 Å². The van der Waals surface area contributed by atoms with E-state index in [-0.39, 0.29) is 11.7 Å². The number of rotatable bonds is 6. The van der Waals surface area contributed by atoms with Crippen LogP contribution in [0.25, 0.3) is 17.1 Å². The zero-order valence-corrected chi connectivity index (χ0v) is 17.9. The largest absolute Gasteiger partial charge is 0.325 e. The molecule has 1 heterocycles. The Hall–Kier alpha value is -3.45. The van der Waals surface area contributed by atoms with Crippen LogP contribution in [0.4, 0.5) is 10.1 Å². The summed E-state index contributed by atoms with van der Waals surface area (Å²) in [5.41, 5.74) is 3.38. The molecule has 0 aliphatic carbocycles. The molecule has 0 aliphatic heterocycles. The maximum Gasteiger partial charge on any atom is 0.237 e. The molecule has 1 aromatic heterocycles. The van der Waals surface area contributed by atoms with E-state index in [2.05, 4.69) is 15.5 Å². The smallest absolute Gasteiger partial charge is 0.237 e. The average molecular weight is 433 g/mol. The van der Waals surface area contributed by atoms with Gasteiger partial charge in [0.15, 0.2) is 11.0 Å². The van der Waals surface area contributed by atoms with E-state index < -0.39 is 5.25 Å². The zero-order chi connectivity index (χ0) is 21.8. The molecule has 0 spiro atoms. The predicted octanol–water partition coefficient (Wildman–Crippen LogP) is 5.50. The third-order valence-corrected chi connectivity index (χ3v) is 5.85. The predicted molar refractivity (Wildman–Crippen MR) is 122 cm³/mol. The number of anilines is 1. The number of para-hydroxylation sites is 1. The Morgan fingerprint density at radius 1 is 0.968 bits per heavy atom. The van der Waals surface area contributed by atoms with Crippen LogP contribution in [0.3, 0.4) is 0 Å². The molecule has 0 bridgehead atoms. The summed E-state index contributed by atoms with van der Waals surface area (Å²) in [7, 11) is 0. The fourth-order valence-electron chi connectivity index (χ4n) is 3.10. The first kappa shape index (κ1) is 20.8. The van der Waals surface area contributed by atoms with Crippen molar-refractivity contribution in [3.63, 3.8) is 0 Å². The molecule has 0 aliphatic rings. The first-order valence-corrected chi connectivity index (χ1v) is 10.7. The van der Waals surface area contributed by atoms with Crippen molar-refractivity contribution >= 4 is 23.4 Å². The van der Waals surface area contributed by atoms with Gasteiger partial charge in [-0.25, -0.2) is 4.39 Å². The van der Waals surface area contributed by atoms with E-state index in [0.29, 0.717) is 11.0 Å². The summed E-state index contributed by atoms with van der Waals surface area (Å²) in [5.74, 6) is 0.175. The minimum atomic E-state index is -0.424. The first-order chi connectivity index (χ1) is 15.0. The summed E-state index contributed by atoms with van der Waals surface area (Å²) in [6.07, 6.45) is 0. The molecule has 1 amide bonds. The standard InChI is InChI=1S/C24H21FN4OS/c1-16-8-6-7-11-21(16)26-23(30)17(2)31-24-28-27-22(18-9-4-3-5-10-18)29(24)20-14-12-19(25)13-15-20/h3-15,17H,1-2H3,(H,26,30). The van der Waals surface area contributed by atoms with Gasteiger partial charge in [0, 0.05) is 16.9 Å². The monoisotopic (exact) mass is 432 g/mol. The number of nitrogens with zero attached hydrogens (tertiary/aromatic N) is 3. The van der Waals surface area contributed by atoms with Crippen LogP contribution in [0.1, 0.15) is 12.5 Å². The Labute approximate surface area is 184 Å². The number of carbonyl (C=O) groups excluding carboxylic acids is 1. The first-order valence-electron chi connectivity index (χ1n) is 9.83. The fourth-order valence-corrected chi connectivity index (χ4v) is 3.97. The third-order valence-electron chi connectivity index (χ3n) is 4.80. The second-order valence-corrected chi connectivity index (χ2v) is 8.36. The minimum absolute atomic E-state index is 0.130. The van der Waals surface area contributed by atoms with Gasteiger partial charge < -0.3 is 5.32 Å². The van der Waals surface area contributed by atoms with Gasteiger partial charge in [-0.1, -0.05) is 60.3 Å². The highest BCUT2D eigenvalue weighted by Gasteiger charge is 2.22. The lowest BCUT2D eigenvalue weighted by Gasteiger charge is -2.15. The Morgan fingerprint density at radius 2 is 1.65 bits per heavy atom. The number of nitrogens with one attached hydrogen (secondary N) is 1. The Kier molecular flexibility index (Phi) is 6.13. The normalized spacial score (nSPS) is 11.8. The van der Waals surface area contributed by atoms with Gasteiger partial charge >= 0.3 is 0 Å². The van der Waals surface area contributed by atoms with E-state index in [1.807, 2.05) is 73.0 Å². The van der Waals surface area contributed by atoms with Crippen molar-refractivity contribution in [3.05, 3.63) is 90.2 Å². The molecule has 156 valence electrons. The van der Waals surface area contributed by atoms with Crippen LogP contribution in [0.5, 0.6) is 0 Å². The summed E-state index contributed by atoms with van der Waals surface area (Å²) in [4.78, 5) is 12.8. The number of benzene rings is 3. The minimum Gasteiger partial charge on any atom is -0.325 e. The summed E-state index contributed by atoms with van der Waals surface area (Å²) < 4.78 is 15.4. The number of aryl methyl sites for hydroxylation is 1. The van der Waals surface area contributed by atoms with E-state index in [0.717, 1.165) is 22.5 Å². The summed E-state index contributed by atoms with van der Waals surface area (Å²) in [5, 5.41) is 11.8. The molecular weight excluding hydrogens is 411 g/mol. The Balaban J connectivity index is 1.65. The molecule has 1 N–H and O–H groups in total. The molecular formula is C24H21FN4OS. The quantitative estimate of drug-likeness (QED) is 0.409. The van der Waals surface area contributed by atoms with Crippen molar-refractivity contribution in [2.45, 2.75) is 24.3 Å². The molecule has 1 atom stereocenters. The molecule has 3 aromatic carbocycles. The Morgan fingerprint density at radius 3 is 2.35 bits per heavy atom. The highest BCUT2D eigenvalue weighted by molar-refractivity contribution is 8.00. The lowest BCUT2D eigenvalue weighted by molar-refractivity contribution is -0.115. The second-order valence-electron chi connectivity index (χ2n) is 7.05. The van der Waals surface area contributed by atoms with Gasteiger partial charge in [0.25, 0.3) is 0 Å². The number of halogens is 1. The highest BCUT2D eigenvalue weighted by atomic mass is 32.2. The van der Waals surface area contributed by atoms with E-state index in [9.17, 15) is 9.18 Å². The number of amides is 1. The maximum atomic E-state index is 13.5. The lowest BCUT2D eigenvalue weighted by atomic mass is 10.2. The van der Waals surface area contributed by atoms with Crippen molar-refractivity contribution in [2.24, 2.45) is 0 Å². The second kappa shape index (κ2) is 9.14. The van der Waals surface area contributed by atoms with E-state index >= 15 is 0 Å². The molecule has 4 rings (SSSR count). The number of carbonyl (C=O) groups is 1. The van der Waals surface area contributed by atoms with Crippen LogP contribution in [0.2, 0.25) is 0 Å². The molecule has 5 nitrogen and oxygen atoms in total. The van der Waals surface area contributed by atoms with Crippen molar-refractivity contribution in [2.75, 3.05) is 5.32 Å².